The summed E-state index contributed by atoms with van der Waals surface area (Å²) in [6.45, 7) is -2.78. The summed E-state index contributed by atoms with van der Waals surface area (Å²) in [4.78, 5) is 42.5. The monoisotopic (exact) mass is 540 g/mol. The van der Waals surface area contributed by atoms with Gasteiger partial charge in [0.2, 0.25) is 5.91 Å². The minimum atomic E-state index is -2.78. The van der Waals surface area contributed by atoms with Gasteiger partial charge in [0.05, 0.1) is 24.0 Å². The summed E-state index contributed by atoms with van der Waals surface area (Å²) in [5.41, 5.74) is 2.58. The lowest BCUT2D eigenvalue weighted by atomic mass is 10.1. The Bertz CT molecular complexity index is 1660. The van der Waals surface area contributed by atoms with E-state index >= 15 is 0 Å². The number of nitrogens with zero attached hydrogens (tertiary/aromatic N) is 3. The molecule has 1 fully saturated rings. The predicted octanol–water partition coefficient (Wildman–Crippen LogP) is 4.25. The maximum atomic E-state index is 13.3. The van der Waals surface area contributed by atoms with Gasteiger partial charge in [-0.1, -0.05) is 24.3 Å². The van der Waals surface area contributed by atoms with Crippen molar-refractivity contribution in [2.24, 2.45) is 5.92 Å². The van der Waals surface area contributed by atoms with E-state index in [-0.39, 0.29) is 46.0 Å². The van der Waals surface area contributed by atoms with Gasteiger partial charge in [-0.25, -0.2) is 0 Å². The van der Waals surface area contributed by atoms with Crippen LogP contribution in [0.3, 0.4) is 0 Å². The Kier molecular flexibility index (Phi) is 6.57. The summed E-state index contributed by atoms with van der Waals surface area (Å²) >= 11 is 0. The van der Waals surface area contributed by atoms with Crippen LogP contribution >= 0.6 is 0 Å². The van der Waals surface area contributed by atoms with E-state index in [9.17, 15) is 14.4 Å². The first-order valence-electron chi connectivity index (χ1n) is 13.9. The molecule has 0 spiro atoms. The van der Waals surface area contributed by atoms with Gasteiger partial charge in [-0.15, -0.1) is 10.2 Å². The summed E-state index contributed by atoms with van der Waals surface area (Å²) in [6, 6.07) is 17.2. The van der Waals surface area contributed by atoms with Crippen LogP contribution in [0, 0.1) is 5.92 Å². The molecule has 4 N–H and O–H groups in total. The second-order valence-electron chi connectivity index (χ2n) is 8.99. The molecule has 202 valence electrons. The quantitative estimate of drug-likeness (QED) is 0.246. The molecule has 1 aliphatic rings. The molecule has 4 aromatic rings. The average Bonchev–Trinajstić information content (AvgIpc) is 3.83. The fraction of sp³-hybridized carbons (Fsp3) is 0.172. The zero-order valence-corrected chi connectivity index (χ0v) is 21.4. The maximum absolute atomic E-state index is 13.3. The first kappa shape index (κ1) is 22.6. The van der Waals surface area contributed by atoms with Crippen LogP contribution in [0.5, 0.6) is 5.75 Å². The Balaban J connectivity index is 1.41. The van der Waals surface area contributed by atoms with E-state index < -0.39 is 18.8 Å². The topological polar surface area (TPSA) is 147 Å². The smallest absolute Gasteiger partial charge is 0.273 e. The molecule has 2 aromatic heterocycles. The van der Waals surface area contributed by atoms with Crippen LogP contribution in [0.15, 0.2) is 73.1 Å². The number of benzene rings is 2. The molecular weight excluding hydrogens is 510 g/mol. The number of aromatic nitrogens is 3. The van der Waals surface area contributed by atoms with Gasteiger partial charge in [0, 0.05) is 41.2 Å². The number of methoxy groups -OCH3 is 1. The van der Waals surface area contributed by atoms with Gasteiger partial charge in [-0.05, 0) is 54.3 Å². The van der Waals surface area contributed by atoms with E-state index in [2.05, 4.69) is 31.1 Å². The molecule has 11 nitrogen and oxygen atoms in total. The van der Waals surface area contributed by atoms with Crippen molar-refractivity contribution < 1.29 is 23.2 Å². The molecule has 0 radical (unpaired) electrons. The molecule has 2 aromatic carbocycles. The molecule has 11 heteroatoms. The van der Waals surface area contributed by atoms with Crippen molar-refractivity contribution in [1.82, 2.24) is 20.5 Å². The van der Waals surface area contributed by atoms with Crippen LogP contribution in [0.25, 0.3) is 11.1 Å². The highest BCUT2D eigenvalue weighted by Crippen LogP contribution is 2.34. The molecule has 40 heavy (non-hydrogen) atoms. The van der Waals surface area contributed by atoms with Gasteiger partial charge >= 0.3 is 0 Å². The second-order valence-corrected chi connectivity index (χ2v) is 8.99. The number of nitrogens with one attached hydrogen (secondary N) is 4. The van der Waals surface area contributed by atoms with Crippen molar-refractivity contribution in [3.05, 3.63) is 84.3 Å². The van der Waals surface area contributed by atoms with Crippen molar-refractivity contribution in [3.8, 4) is 16.9 Å². The van der Waals surface area contributed by atoms with Gasteiger partial charge in [0.15, 0.2) is 17.3 Å². The number of hydrogen-bond acceptors (Lipinski definition) is 8. The fourth-order valence-corrected chi connectivity index (χ4v) is 4.01. The molecule has 3 amide bonds. The highest BCUT2D eigenvalue weighted by atomic mass is 16.5. The number of amides is 3. The lowest BCUT2D eigenvalue weighted by Crippen LogP contribution is -2.22. The third-order valence-corrected chi connectivity index (χ3v) is 6.19. The number of hydrogen-bond donors (Lipinski definition) is 4. The number of rotatable bonds is 9. The van der Waals surface area contributed by atoms with Crippen molar-refractivity contribution in [2.45, 2.75) is 12.8 Å². The Morgan fingerprint density at radius 3 is 2.45 bits per heavy atom. The number of para-hydroxylation sites is 1. The number of carbonyl (C=O) groups is 3. The molecule has 0 unspecified atom stereocenters. The zero-order valence-electron chi connectivity index (χ0n) is 24.4. The molecule has 0 atom stereocenters. The second kappa shape index (κ2) is 11.6. The largest absolute Gasteiger partial charge is 0.494 e. The third-order valence-electron chi connectivity index (χ3n) is 6.19. The van der Waals surface area contributed by atoms with Gasteiger partial charge in [-0.3, -0.25) is 19.4 Å². The predicted molar refractivity (Wildman–Crippen MR) is 151 cm³/mol. The Hall–Kier alpha value is -5.32. The van der Waals surface area contributed by atoms with Crippen molar-refractivity contribution in [1.29, 1.82) is 0 Å². The molecule has 0 saturated heterocycles. The van der Waals surface area contributed by atoms with E-state index in [0.717, 1.165) is 24.0 Å². The SMILES string of the molecule is [2H]C([2H])([2H])NC(=O)c1nnc(NC(=O)C2CC2)cc1Nc1cccc(C(=O)Nc2ccc(-c3cccnc3)cc2)c1OC. The molecule has 0 aliphatic heterocycles. The van der Waals surface area contributed by atoms with Gasteiger partial charge in [0.25, 0.3) is 11.8 Å². The summed E-state index contributed by atoms with van der Waals surface area (Å²) in [5.74, 6) is -1.61. The van der Waals surface area contributed by atoms with Crippen molar-refractivity contribution in [3.63, 3.8) is 0 Å². The van der Waals surface area contributed by atoms with E-state index in [1.165, 1.54) is 13.2 Å². The summed E-state index contributed by atoms with van der Waals surface area (Å²) in [5, 5.41) is 18.1. The summed E-state index contributed by atoms with van der Waals surface area (Å²) in [6.07, 6.45) is 4.98. The number of carbonyl (C=O) groups excluding carboxylic acids is 3. The molecular formula is C29H27N7O4. The molecule has 2 heterocycles. The van der Waals surface area contributed by atoms with Gasteiger partial charge < -0.3 is 26.0 Å². The fourth-order valence-electron chi connectivity index (χ4n) is 4.01. The minimum absolute atomic E-state index is 0.0321. The Morgan fingerprint density at radius 1 is 0.925 bits per heavy atom. The van der Waals surface area contributed by atoms with Crippen molar-refractivity contribution >= 4 is 40.6 Å². The number of ether oxygens (including phenoxy) is 1. The number of pyridine rings is 1. The minimum Gasteiger partial charge on any atom is -0.494 e. The lowest BCUT2D eigenvalue weighted by Gasteiger charge is -2.17. The normalized spacial score (nSPS) is 13.7. The van der Waals surface area contributed by atoms with Crippen molar-refractivity contribution in [2.75, 3.05) is 30.0 Å². The average molecular weight is 541 g/mol. The highest BCUT2D eigenvalue weighted by molar-refractivity contribution is 6.08. The van der Waals surface area contributed by atoms with Crippen LogP contribution in [0.2, 0.25) is 0 Å². The molecule has 1 saturated carbocycles. The van der Waals surface area contributed by atoms with E-state index in [1.807, 2.05) is 29.6 Å². The van der Waals surface area contributed by atoms with Crippen LogP contribution in [-0.4, -0.2) is 47.0 Å². The van der Waals surface area contributed by atoms with Gasteiger partial charge in [0.1, 0.15) is 0 Å². The first-order chi connectivity index (χ1) is 20.6. The maximum Gasteiger partial charge on any atom is 0.273 e. The molecule has 1 aliphatic carbocycles. The Labute approximate surface area is 234 Å². The summed E-state index contributed by atoms with van der Waals surface area (Å²) in [7, 11) is 1.38. The van der Waals surface area contributed by atoms with Crippen LogP contribution in [0.1, 0.15) is 37.8 Å². The van der Waals surface area contributed by atoms with Crippen LogP contribution in [0.4, 0.5) is 22.9 Å². The van der Waals surface area contributed by atoms with Crippen LogP contribution < -0.4 is 26.0 Å². The molecule has 0 bridgehead atoms. The standard InChI is InChI=1S/C29H27N7O4/c1-30-29(39)25-23(15-24(35-36-25)34-27(37)18-8-9-18)33-22-7-3-6-21(26(22)40-2)28(38)32-20-12-10-17(11-13-20)19-5-4-14-31-16-19/h3-7,10-16,18H,8-9H2,1-2H3,(H,30,39)(H,32,38)(H2,33,34,35,37)/i1D3. The van der Waals surface area contributed by atoms with Crippen LogP contribution in [-0.2, 0) is 4.79 Å². The molecule has 5 rings (SSSR count). The van der Waals surface area contributed by atoms with Gasteiger partial charge in [-0.2, -0.15) is 0 Å². The summed E-state index contributed by atoms with van der Waals surface area (Å²) < 4.78 is 27.7. The van der Waals surface area contributed by atoms with E-state index in [4.69, 9.17) is 8.85 Å². The van der Waals surface area contributed by atoms with E-state index in [1.54, 1.807) is 42.7 Å². The zero-order chi connectivity index (χ0) is 30.6. The number of anilines is 4. The highest BCUT2D eigenvalue weighted by Gasteiger charge is 2.30. The first-order valence-corrected chi connectivity index (χ1v) is 12.4. The Morgan fingerprint density at radius 2 is 1.75 bits per heavy atom. The van der Waals surface area contributed by atoms with E-state index in [0.29, 0.717) is 5.69 Å². The third kappa shape index (κ3) is 5.88. The lowest BCUT2D eigenvalue weighted by molar-refractivity contribution is -0.117.